The summed E-state index contributed by atoms with van der Waals surface area (Å²) >= 11 is 0. The number of likely N-dealkylation sites (tertiary alicyclic amines) is 1. The summed E-state index contributed by atoms with van der Waals surface area (Å²) in [5, 5.41) is 0. The molecular formula is C23H31F2N3O4. The van der Waals surface area contributed by atoms with E-state index in [9.17, 15) is 18.4 Å². The lowest BCUT2D eigenvalue weighted by molar-refractivity contribution is -0.136. The molecule has 32 heavy (non-hydrogen) atoms. The fourth-order valence-electron chi connectivity index (χ4n) is 3.73. The molecule has 0 aromatic heterocycles. The fourth-order valence-corrected chi connectivity index (χ4v) is 3.73. The fraction of sp³-hybridized carbons (Fsp3) is 0.565. The van der Waals surface area contributed by atoms with E-state index in [1.54, 1.807) is 31.7 Å². The molecule has 9 heteroatoms. The highest BCUT2D eigenvalue weighted by atomic mass is 19.2. The lowest BCUT2D eigenvalue weighted by Crippen LogP contribution is -2.54. The van der Waals surface area contributed by atoms with Crippen LogP contribution in [0.25, 0.3) is 0 Å². The van der Waals surface area contributed by atoms with E-state index < -0.39 is 46.9 Å². The summed E-state index contributed by atoms with van der Waals surface area (Å²) < 4.78 is 38.5. The molecule has 3 unspecified atom stereocenters. The Morgan fingerprint density at radius 1 is 1.12 bits per heavy atom. The number of ether oxygens (including phenoxy) is 2. The van der Waals surface area contributed by atoms with Gasteiger partial charge in [0.05, 0.1) is 12.6 Å². The van der Waals surface area contributed by atoms with Crippen molar-refractivity contribution in [3.63, 3.8) is 0 Å². The number of nitrogens with two attached hydrogens (primary N) is 1. The van der Waals surface area contributed by atoms with Crippen LogP contribution in [0.15, 0.2) is 30.0 Å². The minimum Gasteiger partial charge on any atom is -0.486 e. The highest BCUT2D eigenvalue weighted by Crippen LogP contribution is 2.36. The minimum atomic E-state index is -1.05. The molecule has 3 rings (SSSR count). The van der Waals surface area contributed by atoms with Crippen molar-refractivity contribution in [3.8, 4) is 5.75 Å². The van der Waals surface area contributed by atoms with E-state index in [0.717, 1.165) is 12.1 Å². The number of nitrogens with zero attached hydrogens (tertiary/aromatic N) is 2. The van der Waals surface area contributed by atoms with E-state index in [4.69, 9.17) is 15.2 Å². The van der Waals surface area contributed by atoms with Crippen molar-refractivity contribution in [1.29, 1.82) is 0 Å². The van der Waals surface area contributed by atoms with Gasteiger partial charge in [-0.2, -0.15) is 0 Å². The van der Waals surface area contributed by atoms with Crippen molar-refractivity contribution >= 4 is 12.0 Å². The number of carbonyl (C=O) groups is 2. The first-order valence-corrected chi connectivity index (χ1v) is 10.6. The number of rotatable bonds is 3. The second kappa shape index (κ2) is 8.35. The Bertz CT molecular complexity index is 936. The average Bonchev–Trinajstić information content (AvgIpc) is 3.23. The Labute approximate surface area is 187 Å². The summed E-state index contributed by atoms with van der Waals surface area (Å²) in [6.45, 7) is 11.2. The Kier molecular flexibility index (Phi) is 6.25. The zero-order valence-electron chi connectivity index (χ0n) is 19.3. The Hall–Kier alpha value is -2.68. The van der Waals surface area contributed by atoms with Crippen molar-refractivity contribution in [2.75, 3.05) is 13.1 Å². The Balaban J connectivity index is 1.91. The highest BCUT2D eigenvalue weighted by Gasteiger charge is 2.51. The Morgan fingerprint density at radius 3 is 2.34 bits per heavy atom. The SMILES string of the molecule is CC(C)(C)OC(=O)N1CC(Oc2ccc(F)c(F)c2)C2C1=CCN2C(=O)C(N)C(C)(C)C. The third kappa shape index (κ3) is 4.87. The van der Waals surface area contributed by atoms with Gasteiger partial charge < -0.3 is 20.1 Å². The van der Waals surface area contributed by atoms with E-state index in [1.807, 2.05) is 20.8 Å². The van der Waals surface area contributed by atoms with Gasteiger partial charge in [0.25, 0.3) is 0 Å². The maximum absolute atomic E-state index is 13.7. The van der Waals surface area contributed by atoms with Crippen molar-refractivity contribution in [2.45, 2.75) is 65.3 Å². The number of hydrogen-bond donors (Lipinski definition) is 1. The number of fused-ring (bicyclic) bond motifs is 1. The van der Waals surface area contributed by atoms with Gasteiger partial charge in [0.2, 0.25) is 5.91 Å². The van der Waals surface area contributed by atoms with Crippen LogP contribution in [-0.2, 0) is 9.53 Å². The zero-order chi connectivity index (χ0) is 24.0. The molecule has 1 saturated heterocycles. The highest BCUT2D eigenvalue weighted by molar-refractivity contribution is 5.84. The lowest BCUT2D eigenvalue weighted by Gasteiger charge is -2.34. The maximum atomic E-state index is 13.7. The van der Waals surface area contributed by atoms with Crippen LogP contribution < -0.4 is 10.5 Å². The molecule has 0 aliphatic carbocycles. The number of hydrogen-bond acceptors (Lipinski definition) is 5. The van der Waals surface area contributed by atoms with E-state index in [0.29, 0.717) is 5.70 Å². The largest absolute Gasteiger partial charge is 0.486 e. The van der Waals surface area contributed by atoms with Gasteiger partial charge in [0.1, 0.15) is 23.5 Å². The first-order chi connectivity index (χ1) is 14.7. The molecule has 2 aliphatic heterocycles. The van der Waals surface area contributed by atoms with Crippen LogP contribution in [0.3, 0.4) is 0 Å². The molecular weight excluding hydrogens is 420 g/mol. The van der Waals surface area contributed by atoms with Crippen LogP contribution in [0.1, 0.15) is 41.5 Å². The summed E-state index contributed by atoms with van der Waals surface area (Å²) in [7, 11) is 0. The lowest BCUT2D eigenvalue weighted by atomic mass is 9.86. The van der Waals surface area contributed by atoms with E-state index in [1.165, 1.54) is 11.0 Å². The van der Waals surface area contributed by atoms with Gasteiger partial charge in [-0.05, 0) is 44.4 Å². The van der Waals surface area contributed by atoms with Crippen LogP contribution >= 0.6 is 0 Å². The molecule has 2 N–H and O–H groups in total. The average molecular weight is 452 g/mol. The monoisotopic (exact) mass is 451 g/mol. The predicted molar refractivity (Wildman–Crippen MR) is 115 cm³/mol. The zero-order valence-corrected chi connectivity index (χ0v) is 19.3. The minimum absolute atomic E-state index is 0.0823. The number of halogens is 2. The smallest absolute Gasteiger partial charge is 0.414 e. The molecule has 0 radical (unpaired) electrons. The van der Waals surface area contributed by atoms with Crippen molar-refractivity contribution in [2.24, 2.45) is 11.1 Å². The molecule has 7 nitrogen and oxygen atoms in total. The number of benzene rings is 1. The standard InChI is InChI=1S/C23H31F2N3O4/c1-22(2,3)19(26)20(29)27-10-9-16-18(27)17(12-28(16)21(30)32-23(4,5)6)31-13-7-8-14(24)15(25)11-13/h7-9,11,17-19H,10,12,26H2,1-6H3. The van der Waals surface area contributed by atoms with E-state index >= 15 is 0 Å². The molecule has 1 fully saturated rings. The first-order valence-electron chi connectivity index (χ1n) is 10.6. The molecule has 0 saturated carbocycles. The summed E-state index contributed by atoms with van der Waals surface area (Å²) in [4.78, 5) is 29.0. The molecule has 1 aromatic rings. The topological polar surface area (TPSA) is 85.1 Å². The Morgan fingerprint density at radius 2 is 1.78 bits per heavy atom. The third-order valence-corrected chi connectivity index (χ3v) is 5.44. The van der Waals surface area contributed by atoms with Crippen molar-refractivity contribution in [1.82, 2.24) is 9.80 Å². The van der Waals surface area contributed by atoms with Crippen LogP contribution in [0, 0.1) is 17.0 Å². The number of carbonyl (C=O) groups excluding carboxylic acids is 2. The molecule has 2 heterocycles. The second-order valence-electron chi connectivity index (χ2n) is 10.2. The van der Waals surface area contributed by atoms with Crippen LogP contribution in [0.5, 0.6) is 5.75 Å². The molecule has 1 aromatic carbocycles. The summed E-state index contributed by atoms with van der Waals surface area (Å²) in [6, 6.07) is 1.83. The molecule has 176 valence electrons. The summed E-state index contributed by atoms with van der Waals surface area (Å²) in [5.74, 6) is -2.22. The van der Waals surface area contributed by atoms with Gasteiger partial charge in [-0.1, -0.05) is 20.8 Å². The van der Waals surface area contributed by atoms with Gasteiger partial charge in [-0.15, -0.1) is 0 Å². The first kappa shape index (κ1) is 24.0. The van der Waals surface area contributed by atoms with Crippen LogP contribution in [-0.4, -0.2) is 58.7 Å². The summed E-state index contributed by atoms with van der Waals surface area (Å²) in [5.41, 5.74) is 5.60. The van der Waals surface area contributed by atoms with E-state index in [2.05, 4.69) is 0 Å². The van der Waals surface area contributed by atoms with E-state index in [-0.39, 0.29) is 24.7 Å². The maximum Gasteiger partial charge on any atom is 0.414 e. The quantitative estimate of drug-likeness (QED) is 0.761. The number of amides is 2. The van der Waals surface area contributed by atoms with Gasteiger partial charge in [0, 0.05) is 18.3 Å². The van der Waals surface area contributed by atoms with Gasteiger partial charge in [-0.3, -0.25) is 9.69 Å². The van der Waals surface area contributed by atoms with Gasteiger partial charge >= 0.3 is 6.09 Å². The molecule has 2 amide bonds. The van der Waals surface area contributed by atoms with Gasteiger partial charge in [-0.25, -0.2) is 13.6 Å². The van der Waals surface area contributed by atoms with Gasteiger partial charge in [0.15, 0.2) is 11.6 Å². The molecule has 0 spiro atoms. The van der Waals surface area contributed by atoms with Crippen LogP contribution in [0.4, 0.5) is 13.6 Å². The predicted octanol–water partition coefficient (Wildman–Crippen LogP) is 3.43. The third-order valence-electron chi connectivity index (χ3n) is 5.44. The van der Waals surface area contributed by atoms with Crippen molar-refractivity contribution < 1.29 is 27.8 Å². The molecule has 2 aliphatic rings. The molecule has 3 atom stereocenters. The second-order valence-corrected chi connectivity index (χ2v) is 10.2. The van der Waals surface area contributed by atoms with Crippen molar-refractivity contribution in [3.05, 3.63) is 41.6 Å². The molecule has 0 bridgehead atoms. The normalized spacial score (nSPS) is 21.8. The summed E-state index contributed by atoms with van der Waals surface area (Å²) in [6.07, 6.45) is 0.494. The van der Waals surface area contributed by atoms with Crippen LogP contribution in [0.2, 0.25) is 0 Å².